The Morgan fingerprint density at radius 1 is 1.41 bits per heavy atom. The lowest BCUT2D eigenvalue weighted by Crippen LogP contribution is -2.29. The molecule has 7 heteroatoms. The highest BCUT2D eigenvalue weighted by Crippen LogP contribution is 2.14. The van der Waals surface area contributed by atoms with Gasteiger partial charge in [0.15, 0.2) is 0 Å². The molecule has 17 heavy (non-hydrogen) atoms. The van der Waals surface area contributed by atoms with Crippen molar-refractivity contribution < 1.29 is 13.2 Å². The number of rotatable bonds is 2. The Morgan fingerprint density at radius 3 is 2.76 bits per heavy atom. The summed E-state index contributed by atoms with van der Waals surface area (Å²) in [6, 6.07) is 4.88. The van der Waals surface area contributed by atoms with Gasteiger partial charge >= 0.3 is 0 Å². The number of carbonyl (C=O) groups is 1. The molecule has 0 bridgehead atoms. The number of nitrogens with zero attached hydrogens (tertiary/aromatic N) is 2. The number of fused-ring (bicyclic) bond motifs is 1. The van der Waals surface area contributed by atoms with Crippen molar-refractivity contribution in [3.05, 3.63) is 30.0 Å². The molecule has 0 saturated heterocycles. The van der Waals surface area contributed by atoms with Gasteiger partial charge in [0, 0.05) is 18.0 Å². The van der Waals surface area contributed by atoms with Gasteiger partial charge in [0.25, 0.3) is 5.91 Å². The van der Waals surface area contributed by atoms with E-state index in [2.05, 4.69) is 5.10 Å². The van der Waals surface area contributed by atoms with Gasteiger partial charge in [-0.1, -0.05) is 0 Å². The number of nitrogens with one attached hydrogen (secondary N) is 1. The van der Waals surface area contributed by atoms with Gasteiger partial charge in [-0.25, -0.2) is 13.1 Å². The van der Waals surface area contributed by atoms with Gasteiger partial charge in [-0.05, 0) is 18.2 Å². The predicted octanol–water partition coefficient (Wildman–Crippen LogP) is 0.263. The minimum absolute atomic E-state index is 0.288. The Balaban J connectivity index is 2.40. The quantitative estimate of drug-likeness (QED) is 0.832. The van der Waals surface area contributed by atoms with Crippen LogP contribution >= 0.6 is 0 Å². The maximum absolute atomic E-state index is 11.6. The second-order valence-electron chi connectivity index (χ2n) is 3.75. The first kappa shape index (κ1) is 11.6. The van der Waals surface area contributed by atoms with E-state index in [1.807, 2.05) is 4.72 Å². The summed E-state index contributed by atoms with van der Waals surface area (Å²) in [6.07, 6.45) is 2.56. The lowest BCUT2D eigenvalue weighted by molar-refractivity contribution is 0.0982. The van der Waals surface area contributed by atoms with Crippen LogP contribution < -0.4 is 4.72 Å². The maximum Gasteiger partial charge on any atom is 0.264 e. The monoisotopic (exact) mass is 253 g/mol. The van der Waals surface area contributed by atoms with Crippen LogP contribution in [0.25, 0.3) is 10.9 Å². The molecule has 1 N–H and O–H groups in total. The van der Waals surface area contributed by atoms with Gasteiger partial charge in [0.2, 0.25) is 10.0 Å². The molecule has 0 fully saturated rings. The van der Waals surface area contributed by atoms with Crippen LogP contribution in [0.2, 0.25) is 0 Å². The molecule has 6 nitrogen and oxygen atoms in total. The molecule has 0 aliphatic rings. The highest BCUT2D eigenvalue weighted by atomic mass is 32.2. The summed E-state index contributed by atoms with van der Waals surface area (Å²) in [5.41, 5.74) is 1.16. The number of amides is 1. The zero-order valence-corrected chi connectivity index (χ0v) is 10.2. The average molecular weight is 253 g/mol. The Bertz CT molecular complexity index is 688. The van der Waals surface area contributed by atoms with Gasteiger partial charge < -0.3 is 0 Å². The lowest BCUT2D eigenvalue weighted by Gasteiger charge is -2.02. The lowest BCUT2D eigenvalue weighted by atomic mass is 10.1. The van der Waals surface area contributed by atoms with E-state index in [1.54, 1.807) is 36.1 Å². The zero-order chi connectivity index (χ0) is 12.6. The normalized spacial score (nSPS) is 11.6. The summed E-state index contributed by atoms with van der Waals surface area (Å²) in [7, 11) is -1.75. The van der Waals surface area contributed by atoms with Crippen LogP contribution in [0.3, 0.4) is 0 Å². The number of benzene rings is 1. The van der Waals surface area contributed by atoms with Crippen molar-refractivity contribution in [2.45, 2.75) is 0 Å². The molecule has 1 aromatic heterocycles. The summed E-state index contributed by atoms with van der Waals surface area (Å²) < 4.78 is 25.5. The predicted molar refractivity (Wildman–Crippen MR) is 63.0 cm³/mol. The first-order chi connectivity index (χ1) is 7.87. The molecule has 0 atom stereocenters. The van der Waals surface area contributed by atoms with E-state index in [0.29, 0.717) is 0 Å². The summed E-state index contributed by atoms with van der Waals surface area (Å²) in [5.74, 6) is -0.641. The second kappa shape index (κ2) is 3.85. The molecule has 1 heterocycles. The summed E-state index contributed by atoms with van der Waals surface area (Å²) in [4.78, 5) is 11.6. The third-order valence-corrected chi connectivity index (χ3v) is 2.84. The van der Waals surface area contributed by atoms with Gasteiger partial charge in [0.1, 0.15) is 0 Å². The van der Waals surface area contributed by atoms with Crippen LogP contribution in [0.5, 0.6) is 0 Å². The van der Waals surface area contributed by atoms with Crippen LogP contribution in [-0.2, 0) is 17.1 Å². The minimum Gasteiger partial charge on any atom is -0.268 e. The Labute approximate surface area is 98.3 Å². The third kappa shape index (κ3) is 2.44. The van der Waals surface area contributed by atoms with Crippen molar-refractivity contribution in [1.29, 1.82) is 0 Å². The fourth-order valence-electron chi connectivity index (χ4n) is 1.53. The number of sulfonamides is 1. The Hall–Kier alpha value is -1.89. The van der Waals surface area contributed by atoms with Gasteiger partial charge in [-0.3, -0.25) is 9.48 Å². The van der Waals surface area contributed by atoms with E-state index < -0.39 is 15.9 Å². The van der Waals surface area contributed by atoms with E-state index in [-0.39, 0.29) is 5.56 Å². The van der Waals surface area contributed by atoms with Crippen molar-refractivity contribution in [1.82, 2.24) is 14.5 Å². The summed E-state index contributed by atoms with van der Waals surface area (Å²) in [5, 5.41) is 4.82. The number of carbonyl (C=O) groups excluding carboxylic acids is 1. The van der Waals surface area contributed by atoms with Gasteiger partial charge in [-0.15, -0.1) is 0 Å². The van der Waals surface area contributed by atoms with Crippen molar-refractivity contribution in [2.75, 3.05) is 6.26 Å². The van der Waals surface area contributed by atoms with Crippen molar-refractivity contribution in [2.24, 2.45) is 7.05 Å². The van der Waals surface area contributed by atoms with Crippen molar-refractivity contribution in [3.8, 4) is 0 Å². The van der Waals surface area contributed by atoms with Crippen LogP contribution in [-0.4, -0.2) is 30.4 Å². The third-order valence-electron chi connectivity index (χ3n) is 2.29. The number of hydrogen-bond donors (Lipinski definition) is 1. The van der Waals surface area contributed by atoms with Crippen LogP contribution in [0.15, 0.2) is 24.4 Å². The van der Waals surface area contributed by atoms with Crippen molar-refractivity contribution >= 4 is 26.8 Å². The van der Waals surface area contributed by atoms with Crippen molar-refractivity contribution in [3.63, 3.8) is 0 Å². The second-order valence-corrected chi connectivity index (χ2v) is 5.49. The summed E-state index contributed by atoms with van der Waals surface area (Å²) >= 11 is 0. The first-order valence-corrected chi connectivity index (χ1v) is 6.70. The molecule has 0 aliphatic heterocycles. The molecule has 90 valence electrons. The van der Waals surface area contributed by atoms with Crippen LogP contribution in [0, 0.1) is 0 Å². The molecule has 1 aromatic carbocycles. The molecule has 2 rings (SSSR count). The number of hydrogen-bond acceptors (Lipinski definition) is 4. The van der Waals surface area contributed by atoms with E-state index in [0.717, 1.165) is 17.2 Å². The minimum atomic E-state index is -3.54. The smallest absolute Gasteiger partial charge is 0.264 e. The molecule has 0 radical (unpaired) electrons. The highest BCUT2D eigenvalue weighted by Gasteiger charge is 2.12. The average Bonchev–Trinajstić information content (AvgIpc) is 2.57. The SMILES string of the molecule is Cn1ncc2cc(C(=O)NS(C)(=O)=O)ccc21. The number of aryl methyl sites for hydroxylation is 1. The standard InChI is InChI=1S/C10H11N3O3S/c1-13-9-4-3-7(5-8(9)6-11-13)10(14)12-17(2,15)16/h3-6H,1-2H3,(H,12,14). The zero-order valence-electron chi connectivity index (χ0n) is 9.34. The molecule has 0 saturated carbocycles. The molecule has 0 unspecified atom stereocenters. The Kier molecular flexibility index (Phi) is 2.62. The van der Waals surface area contributed by atoms with E-state index in [9.17, 15) is 13.2 Å². The van der Waals surface area contributed by atoms with E-state index >= 15 is 0 Å². The molecule has 0 aliphatic carbocycles. The fraction of sp³-hybridized carbons (Fsp3) is 0.200. The van der Waals surface area contributed by atoms with E-state index in [1.165, 1.54) is 0 Å². The molecular weight excluding hydrogens is 242 g/mol. The Morgan fingerprint density at radius 2 is 2.12 bits per heavy atom. The largest absolute Gasteiger partial charge is 0.268 e. The topological polar surface area (TPSA) is 81.1 Å². The molecule has 2 aromatic rings. The first-order valence-electron chi connectivity index (χ1n) is 4.81. The fourth-order valence-corrected chi connectivity index (χ4v) is 1.99. The van der Waals surface area contributed by atoms with Gasteiger partial charge in [-0.2, -0.15) is 5.10 Å². The highest BCUT2D eigenvalue weighted by molar-refractivity contribution is 7.89. The summed E-state index contributed by atoms with van der Waals surface area (Å²) in [6.45, 7) is 0. The van der Waals surface area contributed by atoms with Crippen LogP contribution in [0.1, 0.15) is 10.4 Å². The van der Waals surface area contributed by atoms with Crippen LogP contribution in [0.4, 0.5) is 0 Å². The van der Waals surface area contributed by atoms with Gasteiger partial charge in [0.05, 0.1) is 18.0 Å². The molecular formula is C10H11N3O3S. The maximum atomic E-state index is 11.6. The number of aromatic nitrogens is 2. The molecule has 1 amide bonds. The van der Waals surface area contributed by atoms with E-state index in [4.69, 9.17) is 0 Å². The molecule has 0 spiro atoms.